The summed E-state index contributed by atoms with van der Waals surface area (Å²) in [4.78, 5) is 111. The lowest BCUT2D eigenvalue weighted by Gasteiger charge is -2.24. The summed E-state index contributed by atoms with van der Waals surface area (Å²) in [6.07, 6.45) is 1.58. The van der Waals surface area contributed by atoms with E-state index in [0.717, 1.165) is 6.42 Å². The largest absolute Gasteiger partial charge is 0.507 e. The summed E-state index contributed by atoms with van der Waals surface area (Å²) in [6, 6.07) is 4.27. The van der Waals surface area contributed by atoms with Crippen molar-refractivity contribution < 1.29 is 58.8 Å². The van der Waals surface area contributed by atoms with Crippen LogP contribution in [0.15, 0.2) is 36.8 Å². The van der Waals surface area contributed by atoms with Crippen molar-refractivity contribution in [2.45, 2.75) is 91.5 Å². The standard InChI is InChI=1S/C42H50N4O12/c1-5-21(2)23(4)31(49)15-25(10-13-33(51)52)42(58)46-28(18-27-19-43-20-45-27)32(50)16-26(17-34(53)54)41(57)44-14-6-7-24-9-12-30(48)38-36(24)40(56)37-29(47)11-8-22(3)35(37)39(38)55/h8-9,11-12,19-21,23,25-26,28,47-48H,5-7,10,13-18H2,1-4H3,(H,43,45)(H,44,57)(H,46,58)(H,51,52)(H,53,54)/t21?,23-,25+,26-,28-/m0/s1. The second-order valence-corrected chi connectivity index (χ2v) is 15.0. The Labute approximate surface area is 334 Å². The number of H-pyrrole nitrogens is 1. The zero-order valence-corrected chi connectivity index (χ0v) is 32.9. The van der Waals surface area contributed by atoms with Gasteiger partial charge in [0.05, 0.1) is 35.8 Å². The minimum atomic E-state index is -1.37. The van der Waals surface area contributed by atoms with Gasteiger partial charge >= 0.3 is 11.9 Å². The second-order valence-electron chi connectivity index (χ2n) is 15.0. The van der Waals surface area contributed by atoms with Crippen LogP contribution >= 0.6 is 0 Å². The number of nitrogens with zero attached hydrogens (tertiary/aromatic N) is 1. The second kappa shape index (κ2) is 19.8. The number of aromatic amines is 1. The summed E-state index contributed by atoms with van der Waals surface area (Å²) in [5.41, 5.74) is 0.844. The van der Waals surface area contributed by atoms with E-state index in [1.165, 1.54) is 36.8 Å². The third-order valence-corrected chi connectivity index (χ3v) is 10.9. The number of aromatic nitrogens is 2. The van der Waals surface area contributed by atoms with Gasteiger partial charge in [0.15, 0.2) is 17.3 Å². The third-order valence-electron chi connectivity index (χ3n) is 10.9. The molecule has 1 heterocycles. The van der Waals surface area contributed by atoms with E-state index in [4.69, 9.17) is 0 Å². The number of phenolic OH excluding ortho intramolecular Hbond substituents is 2. The first kappa shape index (κ1) is 44.5. The van der Waals surface area contributed by atoms with Gasteiger partial charge in [0.1, 0.15) is 17.3 Å². The number of carbonyl (C=O) groups excluding carboxylic acids is 6. The molecule has 310 valence electrons. The van der Waals surface area contributed by atoms with E-state index in [1.807, 2.05) is 13.8 Å². The fourth-order valence-electron chi connectivity index (χ4n) is 7.16. The molecule has 5 atom stereocenters. The van der Waals surface area contributed by atoms with Crippen molar-refractivity contribution in [2.24, 2.45) is 23.7 Å². The fraction of sp³-hybridized carbons (Fsp3) is 0.452. The van der Waals surface area contributed by atoms with Gasteiger partial charge in [-0.3, -0.25) is 38.4 Å². The van der Waals surface area contributed by atoms with Crippen LogP contribution in [0.5, 0.6) is 11.5 Å². The van der Waals surface area contributed by atoms with Crippen LogP contribution in [0.3, 0.4) is 0 Å². The molecule has 0 aliphatic heterocycles. The highest BCUT2D eigenvalue weighted by Crippen LogP contribution is 2.39. The van der Waals surface area contributed by atoms with E-state index in [0.29, 0.717) is 16.8 Å². The number of carboxylic acids is 2. The molecule has 1 aliphatic rings. The number of aromatic hydroxyl groups is 2. The van der Waals surface area contributed by atoms with E-state index in [1.54, 1.807) is 13.8 Å². The number of carbonyl (C=O) groups is 8. The normalized spacial score (nSPS) is 14.6. The van der Waals surface area contributed by atoms with Crippen LogP contribution in [0, 0.1) is 30.6 Å². The number of imidazole rings is 1. The third kappa shape index (κ3) is 10.8. The van der Waals surface area contributed by atoms with Crippen LogP contribution in [0.1, 0.15) is 114 Å². The monoisotopic (exact) mass is 802 g/mol. The number of rotatable bonds is 22. The molecule has 1 aromatic heterocycles. The lowest BCUT2D eigenvalue weighted by Crippen LogP contribution is -2.47. The summed E-state index contributed by atoms with van der Waals surface area (Å²) in [5, 5.41) is 45.3. The van der Waals surface area contributed by atoms with Crippen LogP contribution in [-0.4, -0.2) is 89.9 Å². The Morgan fingerprint density at radius 3 is 2.05 bits per heavy atom. The zero-order chi connectivity index (χ0) is 42.8. The Morgan fingerprint density at radius 1 is 0.793 bits per heavy atom. The summed E-state index contributed by atoms with van der Waals surface area (Å²) in [7, 11) is 0. The van der Waals surface area contributed by atoms with Crippen molar-refractivity contribution in [3.05, 3.63) is 75.9 Å². The lowest BCUT2D eigenvalue weighted by molar-refractivity contribution is -0.142. The summed E-state index contributed by atoms with van der Waals surface area (Å²) in [5.74, 6) is -9.76. The first-order valence-corrected chi connectivity index (χ1v) is 19.3. The molecule has 0 saturated heterocycles. The first-order chi connectivity index (χ1) is 27.4. The number of hydrogen-bond donors (Lipinski definition) is 7. The Morgan fingerprint density at radius 2 is 1.43 bits per heavy atom. The maximum atomic E-state index is 13.8. The number of phenols is 2. The van der Waals surface area contributed by atoms with Gasteiger partial charge in [0.25, 0.3) is 0 Å². The molecule has 0 bridgehead atoms. The number of benzene rings is 2. The predicted molar refractivity (Wildman–Crippen MR) is 207 cm³/mol. The van der Waals surface area contributed by atoms with Crippen molar-refractivity contribution in [2.75, 3.05) is 6.54 Å². The number of carboxylic acid groups (broad SMARTS) is 2. The number of aliphatic carboxylic acids is 2. The molecule has 0 spiro atoms. The van der Waals surface area contributed by atoms with Crippen LogP contribution in [0.25, 0.3) is 0 Å². The molecule has 7 N–H and O–H groups in total. The Bertz CT molecular complexity index is 2080. The molecule has 2 amide bonds. The average molecular weight is 803 g/mol. The maximum absolute atomic E-state index is 13.8. The predicted octanol–water partition coefficient (Wildman–Crippen LogP) is 3.85. The lowest BCUT2D eigenvalue weighted by atomic mass is 9.78. The van der Waals surface area contributed by atoms with Gasteiger partial charge in [0, 0.05) is 67.1 Å². The number of hydrogen-bond acceptors (Lipinski definition) is 11. The molecule has 0 radical (unpaired) electrons. The van der Waals surface area contributed by atoms with E-state index in [2.05, 4.69) is 20.6 Å². The Balaban J connectivity index is 1.47. The zero-order valence-electron chi connectivity index (χ0n) is 32.9. The molecule has 58 heavy (non-hydrogen) atoms. The SMILES string of the molecule is CCC(C)[C@H](C)C(=O)C[C@@H](CCC(=O)O)C(=O)N[C@@H](Cc1cnc[nH]1)C(=O)C[C@@H](CC(=O)O)C(=O)NCCCc1ccc(O)c2c1C(=O)c1c(O)ccc(C)c1C2=O. The van der Waals surface area contributed by atoms with Gasteiger partial charge in [-0.2, -0.15) is 0 Å². The first-order valence-electron chi connectivity index (χ1n) is 19.3. The quantitative estimate of drug-likeness (QED) is 0.0557. The summed E-state index contributed by atoms with van der Waals surface area (Å²) in [6.45, 7) is 7.15. The topological polar surface area (TPSA) is 270 Å². The molecule has 2 aromatic carbocycles. The number of Topliss-reactive ketones (excluding diaryl/α,β-unsaturated/α-hetero) is 2. The van der Waals surface area contributed by atoms with E-state index < -0.39 is 89.9 Å². The minimum Gasteiger partial charge on any atom is -0.507 e. The molecular weight excluding hydrogens is 752 g/mol. The van der Waals surface area contributed by atoms with Crippen LogP contribution in [-0.2, 0) is 41.6 Å². The van der Waals surface area contributed by atoms with Gasteiger partial charge in [-0.05, 0) is 55.4 Å². The van der Waals surface area contributed by atoms with Gasteiger partial charge in [0.2, 0.25) is 11.8 Å². The summed E-state index contributed by atoms with van der Waals surface area (Å²) >= 11 is 0. The number of amides is 2. The molecule has 1 unspecified atom stereocenters. The van der Waals surface area contributed by atoms with Crippen molar-refractivity contribution in [1.82, 2.24) is 20.6 Å². The van der Waals surface area contributed by atoms with E-state index in [9.17, 15) is 58.8 Å². The molecule has 4 rings (SSSR count). The Hall–Kier alpha value is -6.19. The van der Waals surface area contributed by atoms with Crippen molar-refractivity contribution >= 4 is 46.9 Å². The van der Waals surface area contributed by atoms with Gasteiger partial charge in [-0.15, -0.1) is 0 Å². The number of nitrogens with one attached hydrogen (secondary N) is 3. The highest BCUT2D eigenvalue weighted by molar-refractivity contribution is 6.31. The van der Waals surface area contributed by atoms with Crippen LogP contribution < -0.4 is 10.6 Å². The van der Waals surface area contributed by atoms with Crippen molar-refractivity contribution in [1.29, 1.82) is 0 Å². The van der Waals surface area contributed by atoms with Crippen LogP contribution in [0.2, 0.25) is 0 Å². The molecular formula is C42H50N4O12. The number of fused-ring (bicyclic) bond motifs is 2. The summed E-state index contributed by atoms with van der Waals surface area (Å²) < 4.78 is 0. The van der Waals surface area contributed by atoms with Gasteiger partial charge < -0.3 is 36.0 Å². The highest BCUT2D eigenvalue weighted by Gasteiger charge is 2.37. The molecule has 16 nitrogen and oxygen atoms in total. The van der Waals surface area contributed by atoms with Crippen molar-refractivity contribution in [3.63, 3.8) is 0 Å². The van der Waals surface area contributed by atoms with Crippen molar-refractivity contribution in [3.8, 4) is 11.5 Å². The Kier molecular flexibility index (Phi) is 15.2. The molecule has 1 aliphatic carbocycles. The van der Waals surface area contributed by atoms with E-state index in [-0.39, 0.29) is 78.4 Å². The minimum absolute atomic E-state index is 0.00223. The number of aryl methyl sites for hydroxylation is 2. The fourth-order valence-corrected chi connectivity index (χ4v) is 7.16. The molecule has 3 aromatic rings. The van der Waals surface area contributed by atoms with Crippen LogP contribution in [0.4, 0.5) is 0 Å². The average Bonchev–Trinajstić information content (AvgIpc) is 3.69. The molecule has 0 fully saturated rings. The number of ketones is 4. The highest BCUT2D eigenvalue weighted by atomic mass is 16.4. The van der Waals surface area contributed by atoms with Gasteiger partial charge in [-0.1, -0.05) is 39.3 Å². The maximum Gasteiger partial charge on any atom is 0.304 e. The molecule has 16 heteroatoms. The smallest absolute Gasteiger partial charge is 0.304 e. The van der Waals surface area contributed by atoms with E-state index >= 15 is 0 Å². The molecule has 0 saturated carbocycles. The van der Waals surface area contributed by atoms with Gasteiger partial charge in [-0.25, -0.2) is 4.98 Å².